The van der Waals surface area contributed by atoms with Gasteiger partial charge in [0.15, 0.2) is 6.79 Å². The average molecular weight is 556 g/mol. The Labute approximate surface area is 243 Å². The largest absolute Gasteiger partial charge is 0.467 e. The molecule has 2 rings (SSSR count). The molecular formula is C35H58NO2P. The molecule has 0 fully saturated rings. The maximum absolute atomic E-state index is 6.54. The van der Waals surface area contributed by atoms with Crippen molar-refractivity contribution in [2.45, 2.75) is 124 Å². The Hall–Kier alpha value is -1.41. The second kappa shape index (κ2) is 14.5. The van der Waals surface area contributed by atoms with E-state index in [1.54, 1.807) is 7.11 Å². The number of unbranched alkanes of at least 4 members (excludes halogenated alkanes) is 2. The lowest BCUT2D eigenvalue weighted by molar-refractivity contribution is 0.0486. The summed E-state index contributed by atoms with van der Waals surface area (Å²) in [7, 11) is 2.37. The molecule has 0 heterocycles. The number of nitrogens with zero attached hydrogens (tertiary/aromatic N) is 1. The van der Waals surface area contributed by atoms with E-state index in [-0.39, 0.29) is 22.8 Å². The second-order valence-corrected chi connectivity index (χ2v) is 15.3. The van der Waals surface area contributed by atoms with Crippen LogP contribution >= 0.6 is 8.58 Å². The summed E-state index contributed by atoms with van der Waals surface area (Å²) in [6.07, 6.45) is 4.82. The first kappa shape index (κ1) is 33.8. The van der Waals surface area contributed by atoms with Gasteiger partial charge in [-0.3, -0.25) is 4.90 Å². The highest BCUT2D eigenvalue weighted by atomic mass is 31.1. The van der Waals surface area contributed by atoms with Gasteiger partial charge in [0.05, 0.1) is 0 Å². The van der Waals surface area contributed by atoms with Gasteiger partial charge >= 0.3 is 0 Å². The van der Waals surface area contributed by atoms with Gasteiger partial charge in [-0.25, -0.2) is 0 Å². The SMILES string of the molecule is CCCCCC(C)(Pc1c(C)cccc1CN(CC)CC)c1cc(C(C)(C)C)cc(C(C)(C)C)c1OCOC. The Bertz CT molecular complexity index is 1050. The fourth-order valence-electron chi connectivity index (χ4n) is 5.30. The van der Waals surface area contributed by atoms with Crippen LogP contribution in [-0.2, 0) is 27.3 Å². The highest BCUT2D eigenvalue weighted by molar-refractivity contribution is 7.48. The molecule has 0 amide bonds. The number of hydrogen-bond acceptors (Lipinski definition) is 3. The summed E-state index contributed by atoms with van der Waals surface area (Å²) < 4.78 is 12.0. The van der Waals surface area contributed by atoms with Crippen molar-refractivity contribution < 1.29 is 9.47 Å². The van der Waals surface area contributed by atoms with E-state index in [1.165, 1.54) is 52.4 Å². The molecule has 0 saturated carbocycles. The van der Waals surface area contributed by atoms with Crippen molar-refractivity contribution in [2.75, 3.05) is 27.0 Å². The van der Waals surface area contributed by atoms with Gasteiger partial charge in [0.25, 0.3) is 0 Å². The molecule has 0 aliphatic carbocycles. The quantitative estimate of drug-likeness (QED) is 0.132. The molecule has 0 N–H and O–H groups in total. The number of ether oxygens (including phenoxy) is 2. The Balaban J connectivity index is 2.86. The van der Waals surface area contributed by atoms with E-state index < -0.39 is 0 Å². The number of benzene rings is 2. The third-order valence-corrected chi connectivity index (χ3v) is 10.0. The van der Waals surface area contributed by atoms with Crippen molar-refractivity contribution in [3.05, 3.63) is 58.1 Å². The van der Waals surface area contributed by atoms with E-state index in [9.17, 15) is 0 Å². The third-order valence-electron chi connectivity index (χ3n) is 8.01. The first-order chi connectivity index (χ1) is 18.2. The summed E-state index contributed by atoms with van der Waals surface area (Å²) in [6.45, 7) is 28.9. The molecule has 3 nitrogen and oxygen atoms in total. The summed E-state index contributed by atoms with van der Waals surface area (Å²) in [5.74, 6) is 1.03. The van der Waals surface area contributed by atoms with Crippen LogP contribution in [0, 0.1) is 6.92 Å². The molecule has 0 aliphatic heterocycles. The van der Waals surface area contributed by atoms with E-state index >= 15 is 0 Å². The Morgan fingerprint density at radius 2 is 1.49 bits per heavy atom. The zero-order valence-electron chi connectivity index (χ0n) is 27.3. The normalized spacial score (nSPS) is 14.4. The molecular weight excluding hydrogens is 497 g/mol. The monoisotopic (exact) mass is 555 g/mol. The lowest BCUT2D eigenvalue weighted by Gasteiger charge is -2.38. The fourth-order valence-corrected chi connectivity index (χ4v) is 7.08. The van der Waals surface area contributed by atoms with Crippen LogP contribution in [0.5, 0.6) is 5.75 Å². The highest BCUT2D eigenvalue weighted by Gasteiger charge is 2.36. The average Bonchev–Trinajstić information content (AvgIpc) is 2.86. The summed E-state index contributed by atoms with van der Waals surface area (Å²) in [5, 5.41) is 1.48. The standard InChI is InChI=1S/C35H58NO2P/c1-13-16-17-21-35(11,39-32-26(4)19-18-20-27(32)24-36(14-2)15-3)30-23-28(33(5,6)7)22-29(34(8,9)10)31(30)38-25-37-12/h18-20,22-23,39H,13-17,21,24-25H2,1-12H3. The van der Waals surface area contributed by atoms with Gasteiger partial charge in [-0.1, -0.05) is 127 Å². The van der Waals surface area contributed by atoms with Crippen LogP contribution in [0.25, 0.3) is 0 Å². The van der Waals surface area contributed by atoms with Gasteiger partial charge in [0.2, 0.25) is 0 Å². The number of aryl methyl sites for hydroxylation is 1. The van der Waals surface area contributed by atoms with Gasteiger partial charge in [0, 0.05) is 29.9 Å². The van der Waals surface area contributed by atoms with E-state index in [2.05, 4.69) is 111 Å². The fraction of sp³-hybridized carbons (Fsp3) is 0.657. The minimum Gasteiger partial charge on any atom is -0.467 e. The zero-order valence-corrected chi connectivity index (χ0v) is 28.3. The summed E-state index contributed by atoms with van der Waals surface area (Å²) >= 11 is 0. The molecule has 2 atom stereocenters. The van der Waals surface area contributed by atoms with Crippen LogP contribution < -0.4 is 10.0 Å². The molecule has 2 unspecified atom stereocenters. The van der Waals surface area contributed by atoms with Crippen LogP contribution in [-0.4, -0.2) is 31.9 Å². The molecule has 39 heavy (non-hydrogen) atoms. The maximum atomic E-state index is 6.54. The van der Waals surface area contributed by atoms with Crippen LogP contribution in [0.1, 0.15) is 123 Å². The molecule has 2 aromatic rings. The van der Waals surface area contributed by atoms with Gasteiger partial charge in [-0.2, -0.15) is 0 Å². The molecule has 0 spiro atoms. The number of methoxy groups -OCH3 is 1. The smallest absolute Gasteiger partial charge is 0.188 e. The molecule has 0 bridgehead atoms. The van der Waals surface area contributed by atoms with Crippen molar-refractivity contribution in [1.82, 2.24) is 4.90 Å². The van der Waals surface area contributed by atoms with E-state index in [4.69, 9.17) is 9.47 Å². The van der Waals surface area contributed by atoms with E-state index in [1.807, 2.05) is 0 Å². The predicted octanol–water partition coefficient (Wildman–Crippen LogP) is 9.21. The van der Waals surface area contributed by atoms with Crippen LogP contribution in [0.4, 0.5) is 0 Å². The minimum absolute atomic E-state index is 0.0402. The summed E-state index contributed by atoms with van der Waals surface area (Å²) in [4.78, 5) is 2.53. The molecule has 2 aromatic carbocycles. The van der Waals surface area contributed by atoms with Crippen LogP contribution in [0.2, 0.25) is 0 Å². The van der Waals surface area contributed by atoms with Crippen molar-refractivity contribution in [3.63, 3.8) is 0 Å². The van der Waals surface area contributed by atoms with Gasteiger partial charge in [0.1, 0.15) is 5.75 Å². The van der Waals surface area contributed by atoms with Gasteiger partial charge in [-0.05, 0) is 59.3 Å². The van der Waals surface area contributed by atoms with Crippen molar-refractivity contribution in [3.8, 4) is 5.75 Å². The molecule has 0 aliphatic rings. The lowest BCUT2D eigenvalue weighted by Crippen LogP contribution is -2.29. The maximum Gasteiger partial charge on any atom is 0.188 e. The van der Waals surface area contributed by atoms with Crippen LogP contribution in [0.15, 0.2) is 30.3 Å². The van der Waals surface area contributed by atoms with E-state index in [0.29, 0.717) is 8.58 Å². The van der Waals surface area contributed by atoms with Gasteiger partial charge in [-0.15, -0.1) is 0 Å². The molecule has 0 saturated heterocycles. The lowest BCUT2D eigenvalue weighted by atomic mass is 9.76. The Morgan fingerprint density at radius 3 is 2.03 bits per heavy atom. The summed E-state index contributed by atoms with van der Waals surface area (Å²) in [5.41, 5.74) is 6.88. The Morgan fingerprint density at radius 1 is 0.846 bits per heavy atom. The second-order valence-electron chi connectivity index (χ2n) is 13.4. The number of hydrogen-bond donors (Lipinski definition) is 0. The number of rotatable bonds is 14. The minimum atomic E-state index is -0.0525. The predicted molar refractivity (Wildman–Crippen MR) is 174 cm³/mol. The third kappa shape index (κ3) is 9.04. The van der Waals surface area contributed by atoms with E-state index in [0.717, 1.165) is 31.8 Å². The summed E-state index contributed by atoms with van der Waals surface area (Å²) in [6, 6.07) is 11.8. The molecule has 0 aromatic heterocycles. The Kier molecular flexibility index (Phi) is 12.5. The first-order valence-corrected chi connectivity index (χ1v) is 16.1. The van der Waals surface area contributed by atoms with Crippen molar-refractivity contribution >= 4 is 13.9 Å². The molecule has 4 heteroatoms. The zero-order chi connectivity index (χ0) is 29.4. The highest BCUT2D eigenvalue weighted by Crippen LogP contribution is 2.52. The first-order valence-electron chi connectivity index (χ1n) is 15.1. The molecule has 0 radical (unpaired) electrons. The van der Waals surface area contributed by atoms with Crippen molar-refractivity contribution in [2.24, 2.45) is 0 Å². The van der Waals surface area contributed by atoms with Gasteiger partial charge < -0.3 is 9.47 Å². The topological polar surface area (TPSA) is 21.7 Å². The molecule has 220 valence electrons. The van der Waals surface area contributed by atoms with Crippen LogP contribution in [0.3, 0.4) is 0 Å². The van der Waals surface area contributed by atoms with Crippen molar-refractivity contribution in [1.29, 1.82) is 0 Å².